The molecule has 160 valence electrons. The third-order valence-electron chi connectivity index (χ3n) is 4.44. The Kier molecular flexibility index (Phi) is 8.02. The fourth-order valence-corrected chi connectivity index (χ4v) is 2.93. The van der Waals surface area contributed by atoms with Gasteiger partial charge in [0, 0.05) is 25.2 Å². The lowest BCUT2D eigenvalue weighted by Gasteiger charge is -2.19. The summed E-state index contributed by atoms with van der Waals surface area (Å²) in [6.45, 7) is 0.670. The molecule has 0 radical (unpaired) electrons. The number of rotatable bonds is 9. The lowest BCUT2D eigenvalue weighted by atomic mass is 10.1. The molecule has 3 aromatic carbocycles. The molecular weight excluding hydrogens is 392 g/mol. The van der Waals surface area contributed by atoms with Crippen LogP contribution in [0, 0.1) is 0 Å². The molecule has 0 aliphatic rings. The van der Waals surface area contributed by atoms with Gasteiger partial charge in [-0.15, -0.1) is 0 Å². The first kappa shape index (κ1) is 21.9. The predicted octanol–water partition coefficient (Wildman–Crippen LogP) is 3.29. The Bertz CT molecular complexity index is 963. The van der Waals surface area contributed by atoms with Crippen LogP contribution in [0.15, 0.2) is 84.9 Å². The zero-order valence-electron chi connectivity index (χ0n) is 17.1. The van der Waals surface area contributed by atoms with Crippen LogP contribution in [0.1, 0.15) is 5.56 Å². The van der Waals surface area contributed by atoms with Crippen molar-refractivity contribution in [2.45, 2.75) is 12.5 Å². The maximum atomic E-state index is 12.5. The van der Waals surface area contributed by atoms with Gasteiger partial charge < -0.3 is 26.4 Å². The summed E-state index contributed by atoms with van der Waals surface area (Å²) in [7, 11) is 0. The van der Waals surface area contributed by atoms with Gasteiger partial charge in [0.2, 0.25) is 5.91 Å². The van der Waals surface area contributed by atoms with Gasteiger partial charge in [-0.3, -0.25) is 4.79 Å². The Hall–Kier alpha value is -3.84. The molecule has 3 aromatic rings. The van der Waals surface area contributed by atoms with E-state index in [0.717, 1.165) is 11.3 Å². The molecule has 0 aliphatic carbocycles. The summed E-state index contributed by atoms with van der Waals surface area (Å²) in [6, 6.07) is 24.7. The number of anilines is 1. The second-order valence-corrected chi connectivity index (χ2v) is 6.86. The van der Waals surface area contributed by atoms with E-state index in [9.17, 15) is 9.59 Å². The Morgan fingerprint density at radius 1 is 0.839 bits per heavy atom. The normalized spacial score (nSPS) is 11.3. The van der Waals surface area contributed by atoms with Crippen molar-refractivity contribution < 1.29 is 14.3 Å². The number of amides is 3. The third-order valence-corrected chi connectivity index (χ3v) is 4.44. The van der Waals surface area contributed by atoms with Crippen LogP contribution >= 0.6 is 0 Å². The third kappa shape index (κ3) is 7.17. The molecule has 0 bridgehead atoms. The zero-order chi connectivity index (χ0) is 21.9. The molecule has 0 fully saturated rings. The highest BCUT2D eigenvalue weighted by atomic mass is 16.5. The van der Waals surface area contributed by atoms with E-state index < -0.39 is 12.1 Å². The number of hydrogen-bond donors (Lipinski definition) is 4. The molecular formula is C24H26N4O3. The van der Waals surface area contributed by atoms with Crippen molar-refractivity contribution >= 4 is 17.6 Å². The van der Waals surface area contributed by atoms with Crippen LogP contribution in [0.5, 0.6) is 11.5 Å². The second-order valence-electron chi connectivity index (χ2n) is 6.86. The molecule has 3 amide bonds. The van der Waals surface area contributed by atoms with E-state index in [0.29, 0.717) is 30.9 Å². The lowest BCUT2D eigenvalue weighted by Crippen LogP contribution is -2.50. The van der Waals surface area contributed by atoms with Gasteiger partial charge >= 0.3 is 6.03 Å². The fourth-order valence-electron chi connectivity index (χ4n) is 2.93. The lowest BCUT2D eigenvalue weighted by molar-refractivity contribution is -0.122. The SMILES string of the molecule is NCCNC(=O)C(Cc1ccccc1)NC(=O)Nc1ccc(Oc2ccccc2)cc1. The summed E-state index contributed by atoms with van der Waals surface area (Å²) < 4.78 is 5.75. The highest BCUT2D eigenvalue weighted by Crippen LogP contribution is 2.22. The first-order valence-corrected chi connectivity index (χ1v) is 10.1. The van der Waals surface area contributed by atoms with Crippen molar-refractivity contribution in [3.63, 3.8) is 0 Å². The van der Waals surface area contributed by atoms with Crippen molar-refractivity contribution in [1.82, 2.24) is 10.6 Å². The molecule has 0 saturated carbocycles. The van der Waals surface area contributed by atoms with E-state index >= 15 is 0 Å². The molecule has 0 aliphatic heterocycles. The van der Waals surface area contributed by atoms with Crippen LogP contribution in [-0.4, -0.2) is 31.1 Å². The molecule has 31 heavy (non-hydrogen) atoms. The van der Waals surface area contributed by atoms with Crippen molar-refractivity contribution in [1.29, 1.82) is 0 Å². The molecule has 7 heteroatoms. The largest absolute Gasteiger partial charge is 0.457 e. The number of hydrogen-bond acceptors (Lipinski definition) is 4. The van der Waals surface area contributed by atoms with E-state index in [1.54, 1.807) is 24.3 Å². The van der Waals surface area contributed by atoms with Gasteiger partial charge in [0.15, 0.2) is 0 Å². The van der Waals surface area contributed by atoms with Crippen LogP contribution in [-0.2, 0) is 11.2 Å². The molecule has 1 unspecified atom stereocenters. The minimum atomic E-state index is -0.727. The van der Waals surface area contributed by atoms with Gasteiger partial charge in [0.05, 0.1) is 0 Å². The number of ether oxygens (including phenoxy) is 1. The number of nitrogens with two attached hydrogens (primary N) is 1. The molecule has 5 N–H and O–H groups in total. The highest BCUT2D eigenvalue weighted by Gasteiger charge is 2.21. The van der Waals surface area contributed by atoms with Crippen LogP contribution in [0.4, 0.5) is 10.5 Å². The number of urea groups is 1. The minimum absolute atomic E-state index is 0.281. The molecule has 1 atom stereocenters. The van der Waals surface area contributed by atoms with Gasteiger partial charge in [-0.05, 0) is 42.0 Å². The summed E-state index contributed by atoms with van der Waals surface area (Å²) >= 11 is 0. The quantitative estimate of drug-likeness (QED) is 0.428. The van der Waals surface area contributed by atoms with E-state index in [2.05, 4.69) is 16.0 Å². The standard InChI is InChI=1S/C24H26N4O3/c25-15-16-26-23(29)22(17-18-7-3-1-4-8-18)28-24(30)27-19-11-13-21(14-12-19)31-20-9-5-2-6-10-20/h1-14,22H,15-17,25H2,(H,26,29)(H2,27,28,30). The van der Waals surface area contributed by atoms with Crippen LogP contribution < -0.4 is 26.4 Å². The summed E-state index contributed by atoms with van der Waals surface area (Å²) in [6.07, 6.45) is 0.370. The van der Waals surface area contributed by atoms with Gasteiger partial charge in [0.1, 0.15) is 17.5 Å². The first-order valence-electron chi connectivity index (χ1n) is 10.1. The van der Waals surface area contributed by atoms with Crippen molar-refractivity contribution in [2.75, 3.05) is 18.4 Å². The number of carbonyl (C=O) groups excluding carboxylic acids is 2. The molecule has 0 heterocycles. The smallest absolute Gasteiger partial charge is 0.319 e. The average Bonchev–Trinajstić information content (AvgIpc) is 2.79. The first-order chi connectivity index (χ1) is 15.1. The van der Waals surface area contributed by atoms with Crippen molar-refractivity contribution in [2.24, 2.45) is 5.73 Å². The zero-order valence-corrected chi connectivity index (χ0v) is 17.1. The van der Waals surface area contributed by atoms with E-state index in [4.69, 9.17) is 10.5 Å². The summed E-state index contributed by atoms with van der Waals surface area (Å²) in [5.74, 6) is 1.10. The van der Waals surface area contributed by atoms with Gasteiger partial charge in [-0.25, -0.2) is 4.79 Å². The van der Waals surface area contributed by atoms with E-state index in [-0.39, 0.29) is 5.91 Å². The topological polar surface area (TPSA) is 105 Å². The highest BCUT2D eigenvalue weighted by molar-refractivity contribution is 5.93. The number of carbonyl (C=O) groups is 2. The molecule has 7 nitrogen and oxygen atoms in total. The van der Waals surface area contributed by atoms with Crippen LogP contribution in [0.25, 0.3) is 0 Å². The molecule has 3 rings (SSSR count). The Balaban J connectivity index is 1.59. The molecule has 0 aromatic heterocycles. The molecule has 0 saturated heterocycles. The predicted molar refractivity (Wildman–Crippen MR) is 121 cm³/mol. The van der Waals surface area contributed by atoms with Gasteiger partial charge in [-0.2, -0.15) is 0 Å². The van der Waals surface area contributed by atoms with E-state index in [1.807, 2.05) is 60.7 Å². The maximum absolute atomic E-state index is 12.5. The minimum Gasteiger partial charge on any atom is -0.457 e. The van der Waals surface area contributed by atoms with Gasteiger partial charge in [-0.1, -0.05) is 48.5 Å². The number of nitrogens with one attached hydrogen (secondary N) is 3. The van der Waals surface area contributed by atoms with Crippen LogP contribution in [0.3, 0.4) is 0 Å². The Morgan fingerprint density at radius 3 is 2.10 bits per heavy atom. The Morgan fingerprint density at radius 2 is 1.45 bits per heavy atom. The monoisotopic (exact) mass is 418 g/mol. The van der Waals surface area contributed by atoms with Crippen LogP contribution in [0.2, 0.25) is 0 Å². The molecule has 0 spiro atoms. The second kappa shape index (κ2) is 11.4. The van der Waals surface area contributed by atoms with Crippen molar-refractivity contribution in [3.8, 4) is 11.5 Å². The maximum Gasteiger partial charge on any atom is 0.319 e. The van der Waals surface area contributed by atoms with Gasteiger partial charge in [0.25, 0.3) is 0 Å². The average molecular weight is 418 g/mol. The Labute approximate surface area is 181 Å². The number of para-hydroxylation sites is 1. The number of benzene rings is 3. The van der Waals surface area contributed by atoms with Crippen molar-refractivity contribution in [3.05, 3.63) is 90.5 Å². The summed E-state index contributed by atoms with van der Waals surface area (Å²) in [4.78, 5) is 25.0. The fraction of sp³-hybridized carbons (Fsp3) is 0.167. The summed E-state index contributed by atoms with van der Waals surface area (Å²) in [5.41, 5.74) is 6.99. The summed E-state index contributed by atoms with van der Waals surface area (Å²) in [5, 5.41) is 8.22. The van der Waals surface area contributed by atoms with E-state index in [1.165, 1.54) is 0 Å².